The molecule has 0 fully saturated rings. The SMILES string of the molecule is CCCN1C(C(=O)Nc2cccc(C)c2)=CC(c2ccc(OC)c(OC)c2)=NS1(=O)=O. The van der Waals surface area contributed by atoms with E-state index in [1.165, 1.54) is 20.3 Å². The second-order valence-corrected chi connectivity index (χ2v) is 8.47. The number of methoxy groups -OCH3 is 2. The number of nitrogens with one attached hydrogen (secondary N) is 1. The minimum Gasteiger partial charge on any atom is -0.493 e. The van der Waals surface area contributed by atoms with Crippen LogP contribution in [0, 0.1) is 6.92 Å². The van der Waals surface area contributed by atoms with Gasteiger partial charge in [0.25, 0.3) is 5.91 Å². The molecule has 2 aromatic rings. The summed E-state index contributed by atoms with van der Waals surface area (Å²) in [6.07, 6.45) is 2.00. The van der Waals surface area contributed by atoms with E-state index in [1.54, 1.807) is 24.3 Å². The molecule has 9 heteroatoms. The molecule has 0 spiro atoms. The third-order valence-electron chi connectivity index (χ3n) is 4.65. The summed E-state index contributed by atoms with van der Waals surface area (Å²) in [5.74, 6) is 0.394. The summed E-state index contributed by atoms with van der Waals surface area (Å²) in [5.41, 5.74) is 2.18. The lowest BCUT2D eigenvalue weighted by Crippen LogP contribution is -2.38. The Kier molecular flexibility index (Phi) is 6.65. The lowest BCUT2D eigenvalue weighted by molar-refractivity contribution is -0.113. The monoisotopic (exact) mass is 443 g/mol. The van der Waals surface area contributed by atoms with Gasteiger partial charge in [-0.15, -0.1) is 4.40 Å². The van der Waals surface area contributed by atoms with Crippen LogP contribution in [0.3, 0.4) is 0 Å². The van der Waals surface area contributed by atoms with Crippen molar-refractivity contribution in [2.45, 2.75) is 20.3 Å². The predicted molar refractivity (Wildman–Crippen MR) is 120 cm³/mol. The van der Waals surface area contributed by atoms with Gasteiger partial charge >= 0.3 is 10.2 Å². The van der Waals surface area contributed by atoms with Crippen molar-refractivity contribution in [3.05, 3.63) is 65.4 Å². The van der Waals surface area contributed by atoms with E-state index < -0.39 is 16.1 Å². The molecule has 8 nitrogen and oxygen atoms in total. The van der Waals surface area contributed by atoms with Crippen LogP contribution < -0.4 is 14.8 Å². The Morgan fingerprint density at radius 1 is 1.10 bits per heavy atom. The molecule has 0 unspecified atom stereocenters. The number of amides is 1. The van der Waals surface area contributed by atoms with Crippen molar-refractivity contribution in [1.82, 2.24) is 4.31 Å². The Hall–Kier alpha value is -3.33. The number of hydrogen-bond donors (Lipinski definition) is 1. The number of benzene rings is 2. The fourth-order valence-corrected chi connectivity index (χ4v) is 4.50. The minimum atomic E-state index is -4.09. The number of carbonyl (C=O) groups is 1. The van der Waals surface area contributed by atoms with Crippen molar-refractivity contribution < 1.29 is 22.7 Å². The van der Waals surface area contributed by atoms with Crippen molar-refractivity contribution in [2.24, 2.45) is 4.40 Å². The van der Waals surface area contributed by atoms with E-state index in [2.05, 4.69) is 9.71 Å². The predicted octanol–water partition coefficient (Wildman–Crippen LogP) is 3.29. The highest BCUT2D eigenvalue weighted by atomic mass is 32.2. The lowest BCUT2D eigenvalue weighted by Gasteiger charge is -2.27. The summed E-state index contributed by atoms with van der Waals surface area (Å²) in [5, 5.41) is 2.78. The molecule has 0 saturated carbocycles. The highest BCUT2D eigenvalue weighted by Crippen LogP contribution is 2.30. The maximum Gasteiger partial charge on any atom is 0.345 e. The molecule has 1 aliphatic heterocycles. The Balaban J connectivity index is 2.05. The molecule has 0 radical (unpaired) electrons. The van der Waals surface area contributed by atoms with Crippen LogP contribution in [0.25, 0.3) is 0 Å². The maximum atomic E-state index is 13.1. The van der Waals surface area contributed by atoms with Gasteiger partial charge in [0, 0.05) is 17.8 Å². The first kappa shape index (κ1) is 22.4. The summed E-state index contributed by atoms with van der Waals surface area (Å²) < 4.78 is 41.3. The zero-order valence-electron chi connectivity index (χ0n) is 17.9. The van der Waals surface area contributed by atoms with Gasteiger partial charge in [-0.25, -0.2) is 4.31 Å². The van der Waals surface area contributed by atoms with Crippen LogP contribution in [0.1, 0.15) is 24.5 Å². The average molecular weight is 444 g/mol. The average Bonchev–Trinajstić information content (AvgIpc) is 2.74. The third kappa shape index (κ3) is 4.88. The maximum absolute atomic E-state index is 13.1. The van der Waals surface area contributed by atoms with Gasteiger partial charge in [0.1, 0.15) is 5.70 Å². The van der Waals surface area contributed by atoms with Gasteiger partial charge in [0.05, 0.1) is 19.9 Å². The topological polar surface area (TPSA) is 97.3 Å². The van der Waals surface area contributed by atoms with E-state index in [9.17, 15) is 13.2 Å². The smallest absolute Gasteiger partial charge is 0.345 e. The number of carbonyl (C=O) groups excluding carboxylic acids is 1. The second-order valence-electron chi connectivity index (χ2n) is 6.95. The number of nitrogens with zero attached hydrogens (tertiary/aromatic N) is 2. The zero-order valence-corrected chi connectivity index (χ0v) is 18.7. The van der Waals surface area contributed by atoms with E-state index in [0.29, 0.717) is 29.2 Å². The van der Waals surface area contributed by atoms with E-state index in [0.717, 1.165) is 9.87 Å². The summed E-state index contributed by atoms with van der Waals surface area (Å²) in [6.45, 7) is 3.88. The molecule has 1 heterocycles. The van der Waals surface area contributed by atoms with Crippen molar-refractivity contribution in [2.75, 3.05) is 26.1 Å². The number of anilines is 1. The van der Waals surface area contributed by atoms with Crippen LogP contribution in [0.5, 0.6) is 11.5 Å². The fourth-order valence-electron chi connectivity index (χ4n) is 3.19. The molecule has 1 N–H and O–H groups in total. The molecule has 0 aromatic heterocycles. The fraction of sp³-hybridized carbons (Fsp3) is 0.273. The molecule has 0 aliphatic carbocycles. The first-order chi connectivity index (χ1) is 14.8. The molecule has 0 atom stereocenters. The highest BCUT2D eigenvalue weighted by molar-refractivity contribution is 7.88. The van der Waals surface area contributed by atoms with Crippen LogP contribution >= 0.6 is 0 Å². The molecule has 2 aromatic carbocycles. The van der Waals surface area contributed by atoms with Gasteiger partial charge in [-0.05, 0) is 55.3 Å². The minimum absolute atomic E-state index is 0.00291. The van der Waals surface area contributed by atoms with Gasteiger partial charge < -0.3 is 14.8 Å². The van der Waals surface area contributed by atoms with Gasteiger partial charge in [-0.3, -0.25) is 4.79 Å². The normalized spacial score (nSPS) is 15.0. The largest absolute Gasteiger partial charge is 0.493 e. The van der Waals surface area contributed by atoms with E-state index in [4.69, 9.17) is 9.47 Å². The number of aryl methyl sites for hydroxylation is 1. The summed E-state index contributed by atoms with van der Waals surface area (Å²) >= 11 is 0. The second kappa shape index (κ2) is 9.22. The van der Waals surface area contributed by atoms with Gasteiger partial charge in [0.2, 0.25) is 0 Å². The number of ether oxygens (including phenoxy) is 2. The molecule has 3 rings (SSSR count). The van der Waals surface area contributed by atoms with Crippen LogP contribution in [0.4, 0.5) is 5.69 Å². The van der Waals surface area contributed by atoms with E-state index in [-0.39, 0.29) is 18.0 Å². The Bertz CT molecular complexity index is 1160. The van der Waals surface area contributed by atoms with Crippen LogP contribution in [-0.2, 0) is 15.0 Å². The summed E-state index contributed by atoms with van der Waals surface area (Å²) in [7, 11) is -1.10. The van der Waals surface area contributed by atoms with Crippen LogP contribution in [-0.4, -0.2) is 45.1 Å². The standard InChI is InChI=1S/C22H25N3O5S/c1-5-11-25-19(22(26)23-17-8-6-7-15(2)12-17)14-18(24-31(25,27)28)16-9-10-20(29-3)21(13-16)30-4/h6-10,12-14H,5,11H2,1-4H3,(H,23,26). The van der Waals surface area contributed by atoms with Gasteiger partial charge in [-0.2, -0.15) is 8.42 Å². The first-order valence-electron chi connectivity index (χ1n) is 9.73. The zero-order chi connectivity index (χ0) is 22.6. The van der Waals surface area contributed by atoms with Gasteiger partial charge in [-0.1, -0.05) is 19.1 Å². The molecule has 1 aliphatic rings. The molecule has 31 heavy (non-hydrogen) atoms. The third-order valence-corrected chi connectivity index (χ3v) is 6.01. The molecule has 0 bridgehead atoms. The highest BCUT2D eigenvalue weighted by Gasteiger charge is 2.32. The number of rotatable bonds is 7. The number of allylic oxidation sites excluding steroid dienone is 1. The Morgan fingerprint density at radius 3 is 2.48 bits per heavy atom. The van der Waals surface area contributed by atoms with Crippen molar-refractivity contribution in [1.29, 1.82) is 0 Å². The van der Waals surface area contributed by atoms with Crippen molar-refractivity contribution in [3.8, 4) is 11.5 Å². The molecular weight excluding hydrogens is 418 g/mol. The molecular formula is C22H25N3O5S. The van der Waals surface area contributed by atoms with Crippen LogP contribution in [0.2, 0.25) is 0 Å². The Labute approximate surface area is 182 Å². The van der Waals surface area contributed by atoms with Crippen molar-refractivity contribution in [3.63, 3.8) is 0 Å². The lowest BCUT2D eigenvalue weighted by atomic mass is 10.1. The molecule has 1 amide bonds. The van der Waals surface area contributed by atoms with E-state index in [1.807, 2.05) is 32.0 Å². The Morgan fingerprint density at radius 2 is 1.84 bits per heavy atom. The summed E-state index contributed by atoms with van der Waals surface area (Å²) in [4.78, 5) is 13.1. The molecule has 0 saturated heterocycles. The number of hydrogen-bond acceptors (Lipinski definition) is 5. The summed E-state index contributed by atoms with van der Waals surface area (Å²) in [6, 6.07) is 12.2. The first-order valence-corrected chi connectivity index (χ1v) is 11.1. The molecule has 164 valence electrons. The quantitative estimate of drug-likeness (QED) is 0.708. The van der Waals surface area contributed by atoms with E-state index >= 15 is 0 Å². The van der Waals surface area contributed by atoms with Crippen molar-refractivity contribution >= 4 is 27.5 Å². The van der Waals surface area contributed by atoms with Gasteiger partial charge in [0.15, 0.2) is 11.5 Å². The van der Waals surface area contributed by atoms with Crippen LogP contribution in [0.15, 0.2) is 58.6 Å².